The predicted molar refractivity (Wildman–Crippen MR) is 74.2 cm³/mol. The van der Waals surface area contributed by atoms with Crippen molar-refractivity contribution >= 4 is 28.7 Å². The first kappa shape index (κ1) is 14.1. The summed E-state index contributed by atoms with van der Waals surface area (Å²) in [6, 6.07) is 4.39. The molecule has 1 atom stereocenters. The normalized spacial score (nSPS) is 12.4. The van der Waals surface area contributed by atoms with Crippen molar-refractivity contribution in [2.45, 2.75) is 19.4 Å². The Labute approximate surface area is 119 Å². The van der Waals surface area contributed by atoms with Crippen LogP contribution >= 0.6 is 22.9 Å². The highest BCUT2D eigenvalue weighted by Gasteiger charge is 2.16. The van der Waals surface area contributed by atoms with Gasteiger partial charge in [-0.05, 0) is 18.6 Å². The molecule has 1 unspecified atom stereocenters. The van der Waals surface area contributed by atoms with Crippen molar-refractivity contribution in [1.82, 2.24) is 4.98 Å². The lowest BCUT2D eigenvalue weighted by atomic mass is 10.1. The fourth-order valence-corrected chi connectivity index (χ4v) is 2.55. The minimum Gasteiger partial charge on any atom is -0.322 e. The average Bonchev–Trinajstić information content (AvgIpc) is 2.84. The zero-order valence-electron chi connectivity index (χ0n) is 10.2. The molecule has 2 N–H and O–H groups in total. The number of Topliss-reactive ketones (excluding diaryl/α,β-unsaturated/α-hetero) is 1. The number of benzene rings is 1. The summed E-state index contributed by atoms with van der Waals surface area (Å²) in [6.45, 7) is 1.80. The van der Waals surface area contributed by atoms with Crippen LogP contribution in [0.3, 0.4) is 0 Å². The lowest BCUT2D eigenvalue weighted by Crippen LogP contribution is -2.08. The summed E-state index contributed by atoms with van der Waals surface area (Å²) in [4.78, 5) is 16.2. The van der Waals surface area contributed by atoms with Crippen LogP contribution in [0.25, 0.3) is 0 Å². The third-order valence-corrected chi connectivity index (χ3v) is 3.92. The average molecular weight is 299 g/mol. The van der Waals surface area contributed by atoms with E-state index < -0.39 is 5.82 Å². The molecule has 1 aromatic heterocycles. The lowest BCUT2D eigenvalue weighted by Gasteiger charge is -2.02. The molecular weight excluding hydrogens is 287 g/mol. The molecule has 0 fully saturated rings. The Balaban J connectivity index is 2.18. The molecular formula is C13H12ClFN2OS. The van der Waals surface area contributed by atoms with Gasteiger partial charge in [-0.2, -0.15) is 0 Å². The lowest BCUT2D eigenvalue weighted by molar-refractivity contribution is 0.0987. The molecule has 100 valence electrons. The molecule has 0 saturated carbocycles. The van der Waals surface area contributed by atoms with Gasteiger partial charge in [0.25, 0.3) is 0 Å². The van der Waals surface area contributed by atoms with Crippen LogP contribution in [0.1, 0.15) is 34.0 Å². The van der Waals surface area contributed by atoms with Crippen LogP contribution < -0.4 is 5.73 Å². The van der Waals surface area contributed by atoms with Crippen LogP contribution in [-0.4, -0.2) is 10.8 Å². The molecule has 6 heteroatoms. The fourth-order valence-electron chi connectivity index (χ4n) is 1.57. The third-order valence-electron chi connectivity index (χ3n) is 2.58. The Morgan fingerprint density at radius 1 is 1.58 bits per heavy atom. The summed E-state index contributed by atoms with van der Waals surface area (Å²) in [5, 5.41) is 2.35. The third kappa shape index (κ3) is 3.18. The summed E-state index contributed by atoms with van der Waals surface area (Å²) < 4.78 is 13.7. The number of carbonyl (C=O) groups excluding carboxylic acids is 1. The molecule has 0 amide bonds. The first-order chi connectivity index (χ1) is 8.99. The van der Waals surface area contributed by atoms with Gasteiger partial charge in [-0.15, -0.1) is 11.3 Å². The molecule has 1 aromatic carbocycles. The summed E-state index contributed by atoms with van der Waals surface area (Å²) in [5.41, 5.74) is 6.27. The maximum atomic E-state index is 13.7. The van der Waals surface area contributed by atoms with E-state index in [0.29, 0.717) is 10.7 Å². The fraction of sp³-hybridized carbons (Fsp3) is 0.231. The zero-order chi connectivity index (χ0) is 14.0. The van der Waals surface area contributed by atoms with Gasteiger partial charge in [0, 0.05) is 11.8 Å². The predicted octanol–water partition coefficient (Wildman–Crippen LogP) is 3.38. The van der Waals surface area contributed by atoms with Crippen LogP contribution in [-0.2, 0) is 6.42 Å². The maximum absolute atomic E-state index is 13.7. The Morgan fingerprint density at radius 3 is 2.95 bits per heavy atom. The highest BCUT2D eigenvalue weighted by molar-refractivity contribution is 7.09. The number of halogens is 2. The number of rotatable bonds is 4. The Bertz CT molecular complexity index is 612. The van der Waals surface area contributed by atoms with E-state index in [2.05, 4.69) is 4.98 Å². The Kier molecular flexibility index (Phi) is 4.29. The van der Waals surface area contributed by atoms with Crippen LogP contribution in [0.5, 0.6) is 0 Å². The van der Waals surface area contributed by atoms with Crippen LogP contribution in [0.15, 0.2) is 23.6 Å². The number of aromatic nitrogens is 1. The van der Waals surface area contributed by atoms with E-state index in [9.17, 15) is 9.18 Å². The van der Waals surface area contributed by atoms with Crippen molar-refractivity contribution in [1.29, 1.82) is 0 Å². The van der Waals surface area contributed by atoms with E-state index in [1.165, 1.54) is 23.5 Å². The van der Waals surface area contributed by atoms with Gasteiger partial charge in [0.1, 0.15) is 16.5 Å². The molecule has 2 aromatic rings. The molecule has 0 spiro atoms. The van der Waals surface area contributed by atoms with Gasteiger partial charge in [-0.25, -0.2) is 9.37 Å². The summed E-state index contributed by atoms with van der Waals surface area (Å²) >= 11 is 7.00. The number of nitrogens with zero attached hydrogens (tertiary/aromatic N) is 1. The molecule has 1 heterocycles. The van der Waals surface area contributed by atoms with Gasteiger partial charge >= 0.3 is 0 Å². The number of thiazole rings is 1. The molecule has 0 saturated heterocycles. The van der Waals surface area contributed by atoms with E-state index in [4.69, 9.17) is 17.3 Å². The van der Waals surface area contributed by atoms with E-state index in [-0.39, 0.29) is 28.8 Å². The highest BCUT2D eigenvalue weighted by Crippen LogP contribution is 2.21. The second kappa shape index (κ2) is 5.77. The standard InChI is InChI=1S/C13H12ClFN2OS/c1-7(16)13-17-10(6-19-13)11(18)5-8-3-2-4-9(14)12(8)15/h2-4,6-7H,5,16H2,1H3. The van der Waals surface area contributed by atoms with Crippen molar-refractivity contribution in [3.8, 4) is 0 Å². The largest absolute Gasteiger partial charge is 0.322 e. The smallest absolute Gasteiger partial charge is 0.186 e. The zero-order valence-corrected chi connectivity index (χ0v) is 11.8. The van der Waals surface area contributed by atoms with Crippen molar-refractivity contribution in [2.75, 3.05) is 0 Å². The number of ketones is 1. The first-order valence-corrected chi connectivity index (χ1v) is 6.92. The van der Waals surface area contributed by atoms with Gasteiger partial charge in [0.15, 0.2) is 5.78 Å². The molecule has 0 aliphatic carbocycles. The van der Waals surface area contributed by atoms with Gasteiger partial charge in [-0.3, -0.25) is 4.79 Å². The van der Waals surface area contributed by atoms with Crippen LogP contribution in [0, 0.1) is 5.82 Å². The van der Waals surface area contributed by atoms with Crippen molar-refractivity contribution < 1.29 is 9.18 Å². The monoisotopic (exact) mass is 298 g/mol. The van der Waals surface area contributed by atoms with Gasteiger partial charge in [0.2, 0.25) is 0 Å². The van der Waals surface area contributed by atoms with Gasteiger partial charge in [0.05, 0.1) is 11.1 Å². The molecule has 0 radical (unpaired) electrons. The second-order valence-electron chi connectivity index (χ2n) is 4.17. The van der Waals surface area contributed by atoms with E-state index >= 15 is 0 Å². The van der Waals surface area contributed by atoms with E-state index in [1.54, 1.807) is 18.4 Å². The number of carbonyl (C=O) groups is 1. The number of hydrogen-bond donors (Lipinski definition) is 1. The quantitative estimate of drug-likeness (QED) is 0.880. The summed E-state index contributed by atoms with van der Waals surface area (Å²) in [5.74, 6) is -0.801. The molecule has 0 aliphatic heterocycles. The molecule has 0 aliphatic rings. The summed E-state index contributed by atoms with van der Waals surface area (Å²) in [6.07, 6.45) is -0.0610. The minimum atomic E-state index is -0.555. The molecule has 3 nitrogen and oxygen atoms in total. The van der Waals surface area contributed by atoms with Gasteiger partial charge in [-0.1, -0.05) is 23.7 Å². The highest BCUT2D eigenvalue weighted by atomic mass is 35.5. The van der Waals surface area contributed by atoms with E-state index in [1.807, 2.05) is 0 Å². The van der Waals surface area contributed by atoms with Crippen molar-refractivity contribution in [3.63, 3.8) is 0 Å². The van der Waals surface area contributed by atoms with Gasteiger partial charge < -0.3 is 5.73 Å². The number of hydrogen-bond acceptors (Lipinski definition) is 4. The van der Waals surface area contributed by atoms with Crippen LogP contribution in [0.4, 0.5) is 4.39 Å². The molecule has 19 heavy (non-hydrogen) atoms. The minimum absolute atomic E-state index is 0.0137. The van der Waals surface area contributed by atoms with E-state index in [0.717, 1.165) is 0 Å². The van der Waals surface area contributed by atoms with Crippen molar-refractivity contribution in [2.24, 2.45) is 5.73 Å². The topological polar surface area (TPSA) is 56.0 Å². The second-order valence-corrected chi connectivity index (χ2v) is 5.47. The first-order valence-electron chi connectivity index (χ1n) is 5.66. The van der Waals surface area contributed by atoms with Crippen LogP contribution in [0.2, 0.25) is 5.02 Å². The molecule has 0 bridgehead atoms. The Hall–Kier alpha value is -1.30. The number of nitrogens with two attached hydrogens (primary N) is 1. The Morgan fingerprint density at radius 2 is 2.32 bits per heavy atom. The SMILES string of the molecule is CC(N)c1nc(C(=O)Cc2cccc(Cl)c2F)cs1. The molecule has 2 rings (SSSR count). The summed E-state index contributed by atoms with van der Waals surface area (Å²) in [7, 11) is 0. The maximum Gasteiger partial charge on any atom is 0.186 e. The van der Waals surface area contributed by atoms with Crippen molar-refractivity contribution in [3.05, 3.63) is 50.7 Å².